The molecule has 0 bridgehead atoms. The van der Waals surface area contributed by atoms with E-state index in [1.807, 2.05) is 148 Å². The number of carbonyl (C=O) groups excluding carboxylic acids is 4. The zero-order valence-electron chi connectivity index (χ0n) is 62.1. The lowest BCUT2D eigenvalue weighted by atomic mass is 10.0. The number of H-pyrrole nitrogens is 4. The number of hydrogen-bond donors (Lipinski definition) is 8. The summed E-state index contributed by atoms with van der Waals surface area (Å²) in [5.74, 6) is 1.85. The Labute approximate surface area is 665 Å². The highest BCUT2D eigenvalue weighted by atomic mass is 32.2. The van der Waals surface area contributed by atoms with Gasteiger partial charge >= 0.3 is 6.18 Å². The molecule has 0 atom stereocenters. The summed E-state index contributed by atoms with van der Waals surface area (Å²) in [6, 6.07) is 64.5. The highest BCUT2D eigenvalue weighted by Gasteiger charge is 2.33. The van der Waals surface area contributed by atoms with Crippen LogP contribution in [0, 0.1) is 33.5 Å². The molecule has 13 rings (SSSR count). The normalized spacial score (nSPS) is 10.8. The van der Waals surface area contributed by atoms with E-state index in [4.69, 9.17) is 0 Å². The lowest BCUT2D eigenvalue weighted by Gasteiger charge is -2.12. The number of hydrogen-bond acceptors (Lipinski definition) is 16. The van der Waals surface area contributed by atoms with Gasteiger partial charge in [-0.05, 0) is 146 Å². The average Bonchev–Trinajstić information content (AvgIpc) is 1.21. The Balaban J connectivity index is 0.000000171. The van der Waals surface area contributed by atoms with E-state index in [-0.39, 0.29) is 65.1 Å². The van der Waals surface area contributed by atoms with Crippen molar-refractivity contribution < 1.29 is 36.7 Å². The number of thioether (sulfide) groups is 4. The summed E-state index contributed by atoms with van der Waals surface area (Å²) in [4.78, 5) is 66.5. The largest absolute Gasteiger partial charge is 0.416 e. The van der Waals surface area contributed by atoms with E-state index in [0.29, 0.717) is 43.9 Å². The van der Waals surface area contributed by atoms with Crippen LogP contribution in [0.1, 0.15) is 85.2 Å². The molecule has 0 spiro atoms. The smallest absolute Gasteiger partial charge is 0.325 e. The van der Waals surface area contributed by atoms with Crippen molar-refractivity contribution in [2.45, 2.75) is 115 Å². The molecule has 4 aromatic heterocycles. The van der Waals surface area contributed by atoms with Crippen LogP contribution >= 0.6 is 47.0 Å². The molecule has 0 radical (unpaired) electrons. The van der Waals surface area contributed by atoms with Gasteiger partial charge in [0.1, 0.15) is 5.82 Å². The number of nitrogens with zero attached hydrogens (tertiary/aromatic N) is 8. The van der Waals surface area contributed by atoms with Gasteiger partial charge in [0.05, 0.1) is 34.3 Å². The van der Waals surface area contributed by atoms with Crippen LogP contribution in [0.4, 0.5) is 40.3 Å². The van der Waals surface area contributed by atoms with E-state index in [2.05, 4.69) is 152 Å². The number of aryl methyl sites for hydroxylation is 8. The minimum Gasteiger partial charge on any atom is -0.325 e. The molecular weight excluding hydrogens is 1500 g/mol. The lowest BCUT2D eigenvalue weighted by Crippen LogP contribution is -2.15. The first kappa shape index (κ1) is 84.6. The van der Waals surface area contributed by atoms with Crippen molar-refractivity contribution in [1.29, 1.82) is 0 Å². The first-order valence-corrected chi connectivity index (χ1v) is 39.5. The Morgan fingerprint density at radius 2 is 0.723 bits per heavy atom. The number of anilines is 4. The quantitative estimate of drug-likeness (QED) is 0.0195. The standard InChI is InChI=1S/C24H22N4OS.C20H19F3N4OS.C20H22N4OS.C19H19FN4OS.CH4/c1-2-17-12-14-19(15-13-17)23-26-24(28-27-23)30-16-22(29)25-21-11-7-6-10-20(21)18-8-4-3-5-9-18;1-3-13-5-7-14(8-6-13)18-25-19(27-26-18)29-11-17(28)24-15-9-4-12(2)16(10-15)20(21,22)23;1-4-15-5-7-16(8-6-15)19-22-20(24-23-19)26-12-18(25)21-17-10-13(2)9-14(3)11-17;1-3-13-5-7-14(8-6-13)18-22-19(24-23-18)26-11-17(25)21-16-10-12(2)4-9-15(16)20;/h3-15H,2,16H2,1H3,(H,25,29)(H,26,27,28);4-10H,3,11H2,1-2H3,(H,24,28)(H,25,26,27);5-11H,4,12H2,1-3H3,(H,21,25)(H,22,23,24);4-10H,3,11H2,1-2H3,(H,21,25)(H,22,23,24);1H4. The van der Waals surface area contributed by atoms with Gasteiger partial charge in [-0.3, -0.25) is 39.6 Å². The molecule has 28 heteroatoms. The summed E-state index contributed by atoms with van der Waals surface area (Å²) >= 11 is 4.91. The maximum atomic E-state index is 13.7. The number of amides is 4. The van der Waals surface area contributed by atoms with Crippen molar-refractivity contribution in [3.63, 3.8) is 0 Å². The maximum Gasteiger partial charge on any atom is 0.416 e. The second-order valence-corrected chi connectivity index (χ2v) is 29.0. The zero-order valence-corrected chi connectivity index (χ0v) is 65.4. The highest BCUT2D eigenvalue weighted by molar-refractivity contribution is 8.00. The molecule has 0 aliphatic rings. The minimum absolute atomic E-state index is 0. The maximum absolute atomic E-state index is 13.7. The van der Waals surface area contributed by atoms with E-state index < -0.39 is 23.5 Å². The van der Waals surface area contributed by atoms with E-state index in [0.717, 1.165) is 105 Å². The molecule has 9 aromatic carbocycles. The van der Waals surface area contributed by atoms with Crippen molar-refractivity contribution in [2.24, 2.45) is 0 Å². The number of carbonyl (C=O) groups is 4. The van der Waals surface area contributed by atoms with Crippen LogP contribution in [0.3, 0.4) is 0 Å². The van der Waals surface area contributed by atoms with Crippen molar-refractivity contribution in [3.8, 4) is 56.7 Å². The zero-order chi connectivity index (χ0) is 78.8. The van der Waals surface area contributed by atoms with Gasteiger partial charge in [-0.25, -0.2) is 24.3 Å². The number of benzene rings is 9. The van der Waals surface area contributed by atoms with Gasteiger partial charge in [0.2, 0.25) is 44.3 Å². The van der Waals surface area contributed by atoms with Gasteiger partial charge in [-0.2, -0.15) is 13.2 Å². The topological polar surface area (TPSA) is 283 Å². The molecule has 0 aliphatic carbocycles. The van der Waals surface area contributed by atoms with Crippen LogP contribution in [0.15, 0.2) is 227 Å². The number of aromatic amines is 4. The Morgan fingerprint density at radius 3 is 1.11 bits per heavy atom. The van der Waals surface area contributed by atoms with E-state index in [9.17, 15) is 36.7 Å². The van der Waals surface area contributed by atoms with Gasteiger partial charge in [0.25, 0.3) is 0 Å². The SMILES string of the molecule is C.CCc1ccc(-c2nc(SCC(=O)Nc3cc(C)cc(C)c3)n[nH]2)cc1.CCc1ccc(-c2nc(SCC(=O)Nc3cc(C)ccc3F)n[nH]2)cc1.CCc1ccc(-c2nc(SCC(=O)Nc3ccc(C)c(C(F)(F)F)c3)n[nH]2)cc1.CCc1ccc(-c2nc(SCC(=O)Nc3ccccc3-c3ccccc3)n[nH]2)cc1. The van der Waals surface area contributed by atoms with Gasteiger partial charge in [-0.1, -0.05) is 246 Å². The van der Waals surface area contributed by atoms with Gasteiger partial charge in [0, 0.05) is 44.9 Å². The summed E-state index contributed by atoms with van der Waals surface area (Å²) in [5, 5.41) is 41.1. The van der Waals surface area contributed by atoms with E-state index >= 15 is 0 Å². The fourth-order valence-corrected chi connectivity index (χ4v) is 13.3. The predicted molar refractivity (Wildman–Crippen MR) is 444 cm³/mol. The molecule has 13 aromatic rings. The number of nitrogens with one attached hydrogen (secondary N) is 8. The van der Waals surface area contributed by atoms with Crippen molar-refractivity contribution in [2.75, 3.05) is 44.3 Å². The molecule has 0 aliphatic heterocycles. The van der Waals surface area contributed by atoms with Crippen LogP contribution in [0.5, 0.6) is 0 Å². The monoisotopic (exact) mass is 1590 g/mol. The van der Waals surface area contributed by atoms with Crippen LogP contribution < -0.4 is 21.3 Å². The Hall–Kier alpha value is -11.5. The number of rotatable bonds is 25. The number of halogens is 4. The Morgan fingerprint density at radius 1 is 0.366 bits per heavy atom. The fraction of sp³-hybridized carbons (Fsp3) is 0.214. The molecule has 0 saturated heterocycles. The molecule has 578 valence electrons. The molecule has 0 fully saturated rings. The number of para-hydroxylation sites is 1. The highest BCUT2D eigenvalue weighted by Crippen LogP contribution is 2.35. The lowest BCUT2D eigenvalue weighted by molar-refractivity contribution is -0.138. The van der Waals surface area contributed by atoms with Crippen LogP contribution in [0.2, 0.25) is 0 Å². The third-order valence-corrected chi connectivity index (χ3v) is 20.1. The molecule has 20 nitrogen and oxygen atoms in total. The molecule has 8 N–H and O–H groups in total. The Bertz CT molecular complexity index is 5210. The molecule has 0 saturated carbocycles. The van der Waals surface area contributed by atoms with Gasteiger partial charge in [-0.15, -0.1) is 20.4 Å². The van der Waals surface area contributed by atoms with E-state index in [1.54, 1.807) is 12.1 Å². The molecule has 4 heterocycles. The first-order chi connectivity index (χ1) is 53.6. The van der Waals surface area contributed by atoms with Crippen LogP contribution in [0.25, 0.3) is 56.7 Å². The van der Waals surface area contributed by atoms with Crippen molar-refractivity contribution in [3.05, 3.63) is 262 Å². The van der Waals surface area contributed by atoms with Gasteiger partial charge in [0.15, 0.2) is 23.3 Å². The molecule has 4 amide bonds. The molecular formula is C84H86F4N16O4S4. The summed E-state index contributed by atoms with van der Waals surface area (Å²) in [5.41, 5.74) is 15.2. The summed E-state index contributed by atoms with van der Waals surface area (Å²) < 4.78 is 52.6. The summed E-state index contributed by atoms with van der Waals surface area (Å²) in [6.45, 7) is 15.7. The number of alkyl halides is 3. The third kappa shape index (κ3) is 25.6. The second kappa shape index (κ2) is 41.5. The molecule has 0 unspecified atom stereocenters. The predicted octanol–water partition coefficient (Wildman–Crippen LogP) is 19.8. The second-order valence-electron chi connectivity index (χ2n) is 25.2. The van der Waals surface area contributed by atoms with Crippen LogP contribution in [-0.4, -0.2) is 107 Å². The molecule has 112 heavy (non-hydrogen) atoms. The Kier molecular flexibility index (Phi) is 31.4. The van der Waals surface area contributed by atoms with Crippen molar-refractivity contribution in [1.82, 2.24) is 60.7 Å². The average molecular weight is 1590 g/mol. The van der Waals surface area contributed by atoms with Crippen molar-refractivity contribution >= 4 is 93.4 Å². The minimum atomic E-state index is -4.47. The van der Waals surface area contributed by atoms with Gasteiger partial charge < -0.3 is 21.3 Å². The summed E-state index contributed by atoms with van der Waals surface area (Å²) in [6.07, 6.45) is -0.537. The first-order valence-electron chi connectivity index (χ1n) is 35.5. The van der Waals surface area contributed by atoms with E-state index in [1.165, 1.54) is 82.7 Å². The number of aromatic nitrogens is 12. The third-order valence-electron chi connectivity index (χ3n) is 16.7. The fourth-order valence-electron chi connectivity index (χ4n) is 10.9. The summed E-state index contributed by atoms with van der Waals surface area (Å²) in [7, 11) is 0. The van der Waals surface area contributed by atoms with Crippen LogP contribution in [-0.2, 0) is 51.0 Å².